The molecule has 1 aliphatic rings. The molecule has 32 heavy (non-hydrogen) atoms. The van der Waals surface area contributed by atoms with E-state index in [4.69, 9.17) is 4.74 Å². The lowest BCUT2D eigenvalue weighted by Gasteiger charge is -2.10. The molecule has 4 heterocycles. The number of hydrogen-bond donors (Lipinski definition) is 1. The van der Waals surface area contributed by atoms with Gasteiger partial charge in [-0.15, -0.1) is 0 Å². The van der Waals surface area contributed by atoms with Crippen molar-refractivity contribution in [2.75, 3.05) is 13.1 Å². The quantitative estimate of drug-likeness (QED) is 0.533. The van der Waals surface area contributed by atoms with E-state index < -0.39 is 0 Å². The number of nitrogens with one attached hydrogen (secondary N) is 1. The Kier molecular flexibility index (Phi) is 6.15. The van der Waals surface area contributed by atoms with Crippen LogP contribution in [0.15, 0.2) is 59.7 Å². The van der Waals surface area contributed by atoms with Gasteiger partial charge in [0.1, 0.15) is 12.4 Å². The van der Waals surface area contributed by atoms with E-state index in [2.05, 4.69) is 34.0 Å². The van der Waals surface area contributed by atoms with Crippen LogP contribution in [0.3, 0.4) is 0 Å². The van der Waals surface area contributed by atoms with Crippen molar-refractivity contribution in [1.82, 2.24) is 19.4 Å². The molecule has 0 saturated heterocycles. The Bertz CT molecular complexity index is 1300. The second-order valence-corrected chi connectivity index (χ2v) is 8.12. The van der Waals surface area contributed by atoms with Crippen LogP contribution in [0.1, 0.15) is 29.9 Å². The minimum absolute atomic E-state index is 0. The molecule has 0 radical (unpaired) electrons. The third-order valence-electron chi connectivity index (χ3n) is 6.04. The van der Waals surface area contributed by atoms with E-state index in [1.807, 2.05) is 37.4 Å². The van der Waals surface area contributed by atoms with E-state index in [0.717, 1.165) is 42.9 Å². The first-order chi connectivity index (χ1) is 15.1. The average Bonchev–Trinajstić information content (AvgIpc) is 2.93. The fourth-order valence-electron chi connectivity index (χ4n) is 4.35. The average molecular weight is 431 g/mol. The zero-order valence-corrected chi connectivity index (χ0v) is 17.9. The van der Waals surface area contributed by atoms with Gasteiger partial charge in [0, 0.05) is 49.6 Å². The third-order valence-corrected chi connectivity index (χ3v) is 6.04. The normalized spacial score (nSPS) is 13.3. The Hall–Kier alpha value is -3.38. The van der Waals surface area contributed by atoms with E-state index in [9.17, 15) is 4.79 Å². The fraction of sp³-hybridized carbons (Fsp3) is 0.308. The Morgan fingerprint density at radius 3 is 2.72 bits per heavy atom. The van der Waals surface area contributed by atoms with Gasteiger partial charge in [-0.05, 0) is 55.3 Å². The molecule has 6 heteroatoms. The molecule has 5 rings (SSSR count). The van der Waals surface area contributed by atoms with Crippen molar-refractivity contribution in [1.29, 1.82) is 0 Å². The minimum atomic E-state index is -0.117. The molecule has 0 fully saturated rings. The van der Waals surface area contributed by atoms with Gasteiger partial charge >= 0.3 is 0 Å². The predicted molar refractivity (Wildman–Crippen MR) is 129 cm³/mol. The SMILES string of the molecule is C.Cc1ccc(COc2ccn(-c3ccc4c5c(n(C)c4c3)CCNCC5)c(=O)c2)nc1. The van der Waals surface area contributed by atoms with Crippen LogP contribution in [0.2, 0.25) is 0 Å². The van der Waals surface area contributed by atoms with Crippen LogP contribution in [0.5, 0.6) is 5.75 Å². The van der Waals surface area contributed by atoms with Crippen LogP contribution < -0.4 is 15.6 Å². The van der Waals surface area contributed by atoms with Crippen molar-refractivity contribution in [3.63, 3.8) is 0 Å². The summed E-state index contributed by atoms with van der Waals surface area (Å²) >= 11 is 0. The number of nitrogens with zero attached hydrogens (tertiary/aromatic N) is 3. The summed E-state index contributed by atoms with van der Waals surface area (Å²) in [6, 6.07) is 13.6. The smallest absolute Gasteiger partial charge is 0.258 e. The van der Waals surface area contributed by atoms with Crippen molar-refractivity contribution >= 4 is 10.9 Å². The van der Waals surface area contributed by atoms with Crippen LogP contribution >= 0.6 is 0 Å². The highest BCUT2D eigenvalue weighted by Gasteiger charge is 2.17. The monoisotopic (exact) mass is 430 g/mol. The molecule has 166 valence electrons. The lowest BCUT2D eigenvalue weighted by atomic mass is 10.1. The number of pyridine rings is 2. The minimum Gasteiger partial charge on any atom is -0.487 e. The van der Waals surface area contributed by atoms with Gasteiger partial charge in [-0.1, -0.05) is 19.6 Å². The fourth-order valence-corrected chi connectivity index (χ4v) is 4.35. The standard InChI is InChI=1S/C25H26N4O2.CH4/c1-17-3-4-18(27-15-17)16-31-20-9-12-29(25(30)14-20)19-5-6-21-22-7-10-26-11-8-23(22)28(2)24(21)13-19;/h3-6,9,12-15,26H,7-8,10-11,16H2,1-2H3;1H4. The summed E-state index contributed by atoms with van der Waals surface area (Å²) in [7, 11) is 2.12. The Morgan fingerprint density at radius 1 is 1.09 bits per heavy atom. The van der Waals surface area contributed by atoms with Gasteiger partial charge in [-0.2, -0.15) is 0 Å². The number of fused-ring (bicyclic) bond motifs is 3. The van der Waals surface area contributed by atoms with E-state index in [0.29, 0.717) is 12.4 Å². The summed E-state index contributed by atoms with van der Waals surface area (Å²) in [4.78, 5) is 17.1. The van der Waals surface area contributed by atoms with E-state index in [1.54, 1.807) is 10.8 Å². The number of ether oxygens (including phenoxy) is 1. The topological polar surface area (TPSA) is 61.1 Å². The Labute approximate surface area is 188 Å². The maximum Gasteiger partial charge on any atom is 0.258 e. The van der Waals surface area contributed by atoms with E-state index in [-0.39, 0.29) is 13.0 Å². The lowest BCUT2D eigenvalue weighted by molar-refractivity contribution is 0.300. The summed E-state index contributed by atoms with van der Waals surface area (Å²) in [5.41, 5.74) is 6.66. The van der Waals surface area contributed by atoms with Gasteiger partial charge in [0.25, 0.3) is 5.56 Å². The van der Waals surface area contributed by atoms with Crippen LogP contribution in [0, 0.1) is 6.92 Å². The van der Waals surface area contributed by atoms with Crippen molar-refractivity contribution < 1.29 is 4.74 Å². The predicted octanol–water partition coefficient (Wildman–Crippen LogP) is 3.94. The van der Waals surface area contributed by atoms with Crippen LogP contribution in [0.25, 0.3) is 16.6 Å². The van der Waals surface area contributed by atoms with Crippen LogP contribution in [0.4, 0.5) is 0 Å². The maximum atomic E-state index is 12.8. The first kappa shape index (κ1) is 21.8. The number of benzene rings is 1. The molecular formula is C26H30N4O2. The highest BCUT2D eigenvalue weighted by atomic mass is 16.5. The molecule has 0 aliphatic carbocycles. The van der Waals surface area contributed by atoms with Gasteiger partial charge in [0.15, 0.2) is 0 Å². The van der Waals surface area contributed by atoms with Gasteiger partial charge < -0.3 is 14.6 Å². The van der Waals surface area contributed by atoms with Crippen molar-refractivity contribution in [2.24, 2.45) is 7.05 Å². The second kappa shape index (κ2) is 9.01. The first-order valence-electron chi connectivity index (χ1n) is 10.7. The van der Waals surface area contributed by atoms with Gasteiger partial charge in [-0.3, -0.25) is 14.3 Å². The Balaban J connectivity index is 0.00000245. The molecular weight excluding hydrogens is 400 g/mol. The highest BCUT2D eigenvalue weighted by Crippen LogP contribution is 2.29. The zero-order chi connectivity index (χ0) is 21.4. The molecule has 0 spiro atoms. The number of aromatic nitrogens is 3. The summed E-state index contributed by atoms with van der Waals surface area (Å²) in [6.45, 7) is 4.34. The molecule has 0 unspecified atom stereocenters. The molecule has 6 nitrogen and oxygen atoms in total. The number of rotatable bonds is 4. The molecule has 0 bridgehead atoms. The van der Waals surface area contributed by atoms with Crippen LogP contribution in [-0.4, -0.2) is 27.2 Å². The highest BCUT2D eigenvalue weighted by molar-refractivity contribution is 5.87. The molecule has 3 aromatic heterocycles. The first-order valence-corrected chi connectivity index (χ1v) is 10.7. The third kappa shape index (κ3) is 4.06. The van der Waals surface area contributed by atoms with Gasteiger partial charge in [0.2, 0.25) is 0 Å². The summed E-state index contributed by atoms with van der Waals surface area (Å²) in [5, 5.41) is 4.75. The van der Waals surface area contributed by atoms with Crippen molar-refractivity contribution in [3.8, 4) is 11.4 Å². The lowest BCUT2D eigenvalue weighted by Crippen LogP contribution is -2.17. The van der Waals surface area contributed by atoms with Crippen molar-refractivity contribution in [2.45, 2.75) is 33.8 Å². The largest absolute Gasteiger partial charge is 0.487 e. The molecule has 0 amide bonds. The zero-order valence-electron chi connectivity index (χ0n) is 17.9. The summed E-state index contributed by atoms with van der Waals surface area (Å²) in [5.74, 6) is 0.544. The molecule has 1 aromatic carbocycles. The van der Waals surface area contributed by atoms with Crippen LogP contribution in [-0.2, 0) is 26.5 Å². The molecule has 0 saturated carbocycles. The Morgan fingerprint density at radius 2 is 1.94 bits per heavy atom. The van der Waals surface area contributed by atoms with E-state index in [1.165, 1.54) is 28.2 Å². The summed E-state index contributed by atoms with van der Waals surface area (Å²) < 4.78 is 9.71. The molecule has 1 aliphatic heterocycles. The molecule has 4 aromatic rings. The van der Waals surface area contributed by atoms with Gasteiger partial charge in [0.05, 0.1) is 16.9 Å². The van der Waals surface area contributed by atoms with Crippen molar-refractivity contribution in [3.05, 3.63) is 87.7 Å². The summed E-state index contributed by atoms with van der Waals surface area (Å²) in [6.07, 6.45) is 5.65. The number of aryl methyl sites for hydroxylation is 2. The van der Waals surface area contributed by atoms with Gasteiger partial charge in [-0.25, -0.2) is 0 Å². The molecule has 0 atom stereocenters. The van der Waals surface area contributed by atoms with E-state index >= 15 is 0 Å². The number of hydrogen-bond acceptors (Lipinski definition) is 4. The second-order valence-electron chi connectivity index (χ2n) is 8.12. The maximum absolute atomic E-state index is 12.8. The molecule has 1 N–H and O–H groups in total.